The molecular weight excluding hydrogens is 256 g/mol. The van der Waals surface area contributed by atoms with Crippen LogP contribution >= 0.6 is 0 Å². The number of hydrogen-bond acceptors (Lipinski definition) is 4. The van der Waals surface area contributed by atoms with Crippen LogP contribution < -0.4 is 4.74 Å². The van der Waals surface area contributed by atoms with Gasteiger partial charge >= 0.3 is 5.97 Å². The zero-order valence-corrected chi connectivity index (χ0v) is 12.1. The van der Waals surface area contributed by atoms with Gasteiger partial charge in [-0.15, -0.1) is 0 Å². The molecule has 1 atom stereocenters. The first-order valence-electron chi connectivity index (χ1n) is 6.37. The summed E-state index contributed by atoms with van der Waals surface area (Å²) in [4.78, 5) is 11.1. The molecule has 20 heavy (non-hydrogen) atoms. The Morgan fingerprint density at radius 2 is 2.00 bits per heavy atom. The monoisotopic (exact) mass is 274 g/mol. The Morgan fingerprint density at radius 3 is 2.55 bits per heavy atom. The lowest BCUT2D eigenvalue weighted by Gasteiger charge is -2.15. The molecule has 1 heterocycles. The summed E-state index contributed by atoms with van der Waals surface area (Å²) in [6.45, 7) is 8.95. The molecule has 0 radical (unpaired) electrons. The Bertz CT molecular complexity index is 666. The van der Waals surface area contributed by atoms with Crippen molar-refractivity contribution >= 4 is 22.5 Å². The number of fused-ring (bicyclic) bond motifs is 1. The SMILES string of the molecule is C=C(C)c1cc2cc(C(C)OC(C)=O)c(OC)cc2o1. The van der Waals surface area contributed by atoms with Crippen LogP contribution in [0.4, 0.5) is 0 Å². The summed E-state index contributed by atoms with van der Waals surface area (Å²) < 4.78 is 16.3. The number of benzene rings is 1. The van der Waals surface area contributed by atoms with Crippen molar-refractivity contribution in [1.82, 2.24) is 0 Å². The number of carbonyl (C=O) groups is 1. The van der Waals surface area contributed by atoms with Crippen LogP contribution in [0.1, 0.15) is 38.2 Å². The Labute approximate surface area is 118 Å². The third kappa shape index (κ3) is 2.69. The number of ether oxygens (including phenoxy) is 2. The van der Waals surface area contributed by atoms with E-state index in [4.69, 9.17) is 13.9 Å². The number of allylic oxidation sites excluding steroid dienone is 1. The first kappa shape index (κ1) is 14.2. The van der Waals surface area contributed by atoms with Gasteiger partial charge in [0.25, 0.3) is 0 Å². The van der Waals surface area contributed by atoms with E-state index in [0.29, 0.717) is 5.75 Å². The third-order valence-corrected chi connectivity index (χ3v) is 3.07. The maximum atomic E-state index is 11.1. The van der Waals surface area contributed by atoms with Gasteiger partial charge in [-0.05, 0) is 31.6 Å². The van der Waals surface area contributed by atoms with Gasteiger partial charge in [0.15, 0.2) is 0 Å². The predicted octanol–water partition coefficient (Wildman–Crippen LogP) is 4.10. The van der Waals surface area contributed by atoms with Gasteiger partial charge in [-0.1, -0.05) is 6.58 Å². The minimum absolute atomic E-state index is 0.325. The molecular formula is C16H18O4. The second kappa shape index (κ2) is 5.41. The molecule has 0 saturated heterocycles. The van der Waals surface area contributed by atoms with E-state index < -0.39 is 0 Å². The number of hydrogen-bond donors (Lipinski definition) is 0. The lowest BCUT2D eigenvalue weighted by Crippen LogP contribution is -2.06. The highest BCUT2D eigenvalue weighted by Gasteiger charge is 2.17. The molecule has 0 N–H and O–H groups in total. The lowest BCUT2D eigenvalue weighted by atomic mass is 10.1. The molecule has 0 spiro atoms. The van der Waals surface area contributed by atoms with E-state index in [2.05, 4.69) is 6.58 Å². The molecule has 1 aromatic heterocycles. The summed E-state index contributed by atoms with van der Waals surface area (Å²) in [7, 11) is 1.58. The zero-order valence-electron chi connectivity index (χ0n) is 12.1. The van der Waals surface area contributed by atoms with E-state index in [1.165, 1.54) is 6.92 Å². The molecule has 4 heteroatoms. The van der Waals surface area contributed by atoms with E-state index in [-0.39, 0.29) is 12.1 Å². The van der Waals surface area contributed by atoms with Gasteiger partial charge in [0.2, 0.25) is 0 Å². The van der Waals surface area contributed by atoms with Crippen molar-refractivity contribution in [2.45, 2.75) is 26.9 Å². The number of rotatable bonds is 4. The maximum Gasteiger partial charge on any atom is 0.303 e. The summed E-state index contributed by atoms with van der Waals surface area (Å²) in [6.07, 6.45) is -0.380. The Morgan fingerprint density at radius 1 is 1.30 bits per heavy atom. The van der Waals surface area contributed by atoms with Gasteiger partial charge in [-0.25, -0.2) is 0 Å². The molecule has 1 unspecified atom stereocenters. The number of carbonyl (C=O) groups excluding carboxylic acids is 1. The highest BCUT2D eigenvalue weighted by molar-refractivity contribution is 5.84. The van der Waals surface area contributed by atoms with E-state index in [1.54, 1.807) is 13.2 Å². The van der Waals surface area contributed by atoms with Gasteiger partial charge in [0.1, 0.15) is 23.2 Å². The van der Waals surface area contributed by atoms with E-state index in [9.17, 15) is 4.79 Å². The normalized spacial score (nSPS) is 12.2. The van der Waals surface area contributed by atoms with Crippen molar-refractivity contribution in [3.63, 3.8) is 0 Å². The Hall–Kier alpha value is -2.23. The molecule has 0 aliphatic heterocycles. The second-order valence-corrected chi connectivity index (χ2v) is 4.77. The van der Waals surface area contributed by atoms with Crippen LogP contribution in [0.15, 0.2) is 29.2 Å². The van der Waals surface area contributed by atoms with Crippen LogP contribution in [0.25, 0.3) is 16.5 Å². The molecule has 2 rings (SSSR count). The minimum atomic E-state index is -0.380. The van der Waals surface area contributed by atoms with Crippen LogP contribution in [-0.4, -0.2) is 13.1 Å². The molecule has 106 valence electrons. The summed E-state index contributed by atoms with van der Waals surface area (Å²) in [5.41, 5.74) is 2.39. The van der Waals surface area contributed by atoms with Crippen LogP contribution in [0, 0.1) is 0 Å². The van der Waals surface area contributed by atoms with Gasteiger partial charge in [0.05, 0.1) is 7.11 Å². The summed E-state index contributed by atoms with van der Waals surface area (Å²) >= 11 is 0. The lowest BCUT2D eigenvalue weighted by molar-refractivity contribution is -0.145. The first-order chi connectivity index (χ1) is 9.42. The number of furan rings is 1. The Kier molecular flexibility index (Phi) is 3.84. The topological polar surface area (TPSA) is 48.7 Å². The van der Waals surface area contributed by atoms with E-state index in [1.807, 2.05) is 26.0 Å². The van der Waals surface area contributed by atoms with Crippen molar-refractivity contribution in [3.8, 4) is 5.75 Å². The fourth-order valence-corrected chi connectivity index (χ4v) is 2.10. The highest BCUT2D eigenvalue weighted by Crippen LogP contribution is 2.34. The highest BCUT2D eigenvalue weighted by atomic mass is 16.5. The summed E-state index contributed by atoms with van der Waals surface area (Å²) in [5, 5.41) is 0.929. The maximum absolute atomic E-state index is 11.1. The van der Waals surface area contributed by atoms with Crippen molar-refractivity contribution in [2.24, 2.45) is 0 Å². The summed E-state index contributed by atoms with van der Waals surface area (Å²) in [5.74, 6) is 1.04. The average Bonchev–Trinajstić information content (AvgIpc) is 2.79. The third-order valence-electron chi connectivity index (χ3n) is 3.07. The molecule has 0 saturated carbocycles. The van der Waals surface area contributed by atoms with E-state index >= 15 is 0 Å². The van der Waals surface area contributed by atoms with E-state index in [0.717, 1.165) is 27.9 Å². The largest absolute Gasteiger partial charge is 0.496 e. The molecule has 0 fully saturated rings. The Balaban J connectivity index is 2.53. The molecule has 0 bridgehead atoms. The van der Waals surface area contributed by atoms with Crippen LogP contribution in [-0.2, 0) is 9.53 Å². The quantitative estimate of drug-likeness (QED) is 0.787. The van der Waals surface area contributed by atoms with Gasteiger partial charge < -0.3 is 13.9 Å². The smallest absolute Gasteiger partial charge is 0.303 e. The van der Waals surface area contributed by atoms with Crippen LogP contribution in [0.3, 0.4) is 0 Å². The molecule has 1 aromatic carbocycles. The molecule has 0 aliphatic rings. The summed E-state index contributed by atoms with van der Waals surface area (Å²) in [6, 6.07) is 5.63. The number of esters is 1. The zero-order chi connectivity index (χ0) is 14.9. The average molecular weight is 274 g/mol. The van der Waals surface area contributed by atoms with Gasteiger partial charge in [0, 0.05) is 23.9 Å². The van der Waals surface area contributed by atoms with Crippen LogP contribution in [0.2, 0.25) is 0 Å². The molecule has 4 nitrogen and oxygen atoms in total. The van der Waals surface area contributed by atoms with Crippen molar-refractivity contribution in [2.75, 3.05) is 7.11 Å². The minimum Gasteiger partial charge on any atom is -0.496 e. The van der Waals surface area contributed by atoms with Crippen molar-refractivity contribution in [1.29, 1.82) is 0 Å². The van der Waals surface area contributed by atoms with Gasteiger partial charge in [-0.3, -0.25) is 4.79 Å². The second-order valence-electron chi connectivity index (χ2n) is 4.77. The number of methoxy groups -OCH3 is 1. The molecule has 0 aliphatic carbocycles. The van der Waals surface area contributed by atoms with Crippen LogP contribution in [0.5, 0.6) is 5.75 Å². The standard InChI is InChI=1S/C16H18O4/c1-9(2)14-7-12-6-13(10(3)19-11(4)17)16(18-5)8-15(12)20-14/h6-8,10H,1H2,2-5H3. The predicted molar refractivity (Wildman–Crippen MR) is 77.7 cm³/mol. The molecule has 2 aromatic rings. The molecule has 0 amide bonds. The fourth-order valence-electron chi connectivity index (χ4n) is 2.10. The van der Waals surface area contributed by atoms with Crippen molar-refractivity contribution < 1.29 is 18.7 Å². The first-order valence-corrected chi connectivity index (χ1v) is 6.37. The van der Waals surface area contributed by atoms with Gasteiger partial charge in [-0.2, -0.15) is 0 Å². The van der Waals surface area contributed by atoms with Crippen molar-refractivity contribution in [3.05, 3.63) is 36.1 Å². The fraction of sp³-hybridized carbons (Fsp3) is 0.312.